The van der Waals surface area contributed by atoms with Crippen LogP contribution in [-0.2, 0) is 5.41 Å². The first-order chi connectivity index (χ1) is 9.57. The molecule has 1 aliphatic rings. The molecule has 0 spiro atoms. The lowest BCUT2D eigenvalue weighted by molar-refractivity contribution is 0.124. The van der Waals surface area contributed by atoms with E-state index in [1.807, 2.05) is 12.1 Å². The van der Waals surface area contributed by atoms with Crippen molar-refractivity contribution in [1.29, 1.82) is 0 Å². The molecule has 112 valence electrons. The summed E-state index contributed by atoms with van der Waals surface area (Å²) in [5.74, 6) is 1.38. The molecule has 0 aliphatic heterocycles. The lowest BCUT2D eigenvalue weighted by atomic mass is 9.57. The van der Waals surface area contributed by atoms with Gasteiger partial charge in [-0.3, -0.25) is 0 Å². The van der Waals surface area contributed by atoms with Gasteiger partial charge in [0.15, 0.2) is 0 Å². The van der Waals surface area contributed by atoms with Crippen molar-refractivity contribution in [2.45, 2.75) is 51.9 Å². The monoisotopic (exact) mass is 277 g/mol. The minimum Gasteiger partial charge on any atom is -0.316 e. The summed E-state index contributed by atoms with van der Waals surface area (Å²) in [4.78, 5) is 0. The molecule has 1 aromatic carbocycles. The fraction of sp³-hybridized carbons (Fsp3) is 0.667. The summed E-state index contributed by atoms with van der Waals surface area (Å²) in [5, 5.41) is 3.55. The maximum Gasteiger partial charge on any atom is 0.127 e. The number of rotatable bonds is 7. The van der Waals surface area contributed by atoms with Crippen LogP contribution < -0.4 is 5.32 Å². The largest absolute Gasteiger partial charge is 0.316 e. The second-order valence-corrected chi connectivity index (χ2v) is 6.85. The highest BCUT2D eigenvalue weighted by Gasteiger charge is 2.45. The molecule has 0 bridgehead atoms. The van der Waals surface area contributed by atoms with E-state index in [4.69, 9.17) is 0 Å². The molecule has 1 aliphatic carbocycles. The van der Waals surface area contributed by atoms with Gasteiger partial charge in [-0.25, -0.2) is 4.39 Å². The molecule has 1 N–H and O–H groups in total. The van der Waals surface area contributed by atoms with Gasteiger partial charge >= 0.3 is 0 Å². The normalized spacial score (nSPS) is 25.8. The van der Waals surface area contributed by atoms with Crippen molar-refractivity contribution in [2.24, 2.45) is 11.8 Å². The molecule has 20 heavy (non-hydrogen) atoms. The van der Waals surface area contributed by atoms with Gasteiger partial charge in [0.2, 0.25) is 0 Å². The average Bonchev–Trinajstić information content (AvgIpc) is 2.36. The zero-order chi connectivity index (χ0) is 14.6. The molecule has 1 aromatic rings. The SMILES string of the molecule is CCCC1CC(CNCC(C)C)(c2ccccc2F)C1. The van der Waals surface area contributed by atoms with E-state index >= 15 is 0 Å². The third-order valence-corrected chi connectivity index (χ3v) is 4.52. The molecule has 2 rings (SSSR count). The highest BCUT2D eigenvalue weighted by molar-refractivity contribution is 5.31. The summed E-state index contributed by atoms with van der Waals surface area (Å²) in [6.45, 7) is 8.58. The molecule has 0 heterocycles. The first-order valence-corrected chi connectivity index (χ1v) is 8.03. The van der Waals surface area contributed by atoms with E-state index in [0.717, 1.165) is 37.4 Å². The molecule has 0 aromatic heterocycles. The van der Waals surface area contributed by atoms with Gasteiger partial charge in [-0.2, -0.15) is 0 Å². The van der Waals surface area contributed by atoms with Crippen LogP contribution in [0, 0.1) is 17.7 Å². The average molecular weight is 277 g/mol. The zero-order valence-corrected chi connectivity index (χ0v) is 13.1. The summed E-state index contributed by atoms with van der Waals surface area (Å²) in [5.41, 5.74) is 0.948. The van der Waals surface area contributed by atoms with Crippen molar-refractivity contribution < 1.29 is 4.39 Å². The van der Waals surface area contributed by atoms with Crippen LogP contribution in [0.25, 0.3) is 0 Å². The maximum atomic E-state index is 14.2. The van der Waals surface area contributed by atoms with Gasteiger partial charge in [-0.1, -0.05) is 51.8 Å². The minimum atomic E-state index is -0.0335. The maximum absolute atomic E-state index is 14.2. The second kappa shape index (κ2) is 6.71. The first-order valence-electron chi connectivity index (χ1n) is 8.03. The molecule has 0 unspecified atom stereocenters. The fourth-order valence-corrected chi connectivity index (χ4v) is 3.61. The summed E-state index contributed by atoms with van der Waals surface area (Å²) in [6, 6.07) is 7.34. The molecule has 1 nitrogen and oxygen atoms in total. The van der Waals surface area contributed by atoms with E-state index < -0.39 is 0 Å². The van der Waals surface area contributed by atoms with Crippen molar-refractivity contribution in [3.05, 3.63) is 35.6 Å². The highest BCUT2D eigenvalue weighted by atomic mass is 19.1. The van der Waals surface area contributed by atoms with Gasteiger partial charge < -0.3 is 5.32 Å². The van der Waals surface area contributed by atoms with Crippen LogP contribution in [0.3, 0.4) is 0 Å². The molecule has 2 heteroatoms. The minimum absolute atomic E-state index is 0.0278. The highest BCUT2D eigenvalue weighted by Crippen LogP contribution is 2.49. The Kier molecular flexibility index (Phi) is 5.20. The molecule has 0 atom stereocenters. The van der Waals surface area contributed by atoms with Crippen LogP contribution in [0.15, 0.2) is 24.3 Å². The predicted molar refractivity (Wildman–Crippen MR) is 83.4 cm³/mol. The molecular weight excluding hydrogens is 249 g/mol. The Hall–Kier alpha value is -0.890. The fourth-order valence-electron chi connectivity index (χ4n) is 3.61. The Bertz CT molecular complexity index is 421. The van der Waals surface area contributed by atoms with Crippen LogP contribution in [0.1, 0.15) is 52.0 Å². The molecule has 0 saturated heterocycles. The van der Waals surface area contributed by atoms with Crippen molar-refractivity contribution in [1.82, 2.24) is 5.32 Å². The Morgan fingerprint density at radius 1 is 1.30 bits per heavy atom. The van der Waals surface area contributed by atoms with E-state index in [9.17, 15) is 4.39 Å². The second-order valence-electron chi connectivity index (χ2n) is 6.85. The van der Waals surface area contributed by atoms with Crippen molar-refractivity contribution in [3.8, 4) is 0 Å². The lowest BCUT2D eigenvalue weighted by Gasteiger charge is -2.49. The molecule has 1 saturated carbocycles. The number of hydrogen-bond acceptors (Lipinski definition) is 1. The van der Waals surface area contributed by atoms with Crippen molar-refractivity contribution in [2.75, 3.05) is 13.1 Å². The summed E-state index contributed by atoms with van der Waals surface area (Å²) in [7, 11) is 0. The van der Waals surface area contributed by atoms with E-state index in [2.05, 4.69) is 26.1 Å². The van der Waals surface area contributed by atoms with E-state index in [0.29, 0.717) is 5.92 Å². The molecule has 0 radical (unpaired) electrons. The van der Waals surface area contributed by atoms with E-state index in [1.165, 1.54) is 12.8 Å². The van der Waals surface area contributed by atoms with Crippen LogP contribution >= 0.6 is 0 Å². The van der Waals surface area contributed by atoms with Gasteiger partial charge in [0, 0.05) is 12.0 Å². The number of hydrogen-bond donors (Lipinski definition) is 1. The summed E-state index contributed by atoms with van der Waals surface area (Å²) in [6.07, 6.45) is 4.78. The quantitative estimate of drug-likeness (QED) is 0.772. The van der Waals surface area contributed by atoms with Crippen LogP contribution in [0.4, 0.5) is 4.39 Å². The summed E-state index contributed by atoms with van der Waals surface area (Å²) >= 11 is 0. The topological polar surface area (TPSA) is 12.0 Å². The Morgan fingerprint density at radius 3 is 2.60 bits per heavy atom. The number of halogens is 1. The lowest BCUT2D eigenvalue weighted by Crippen LogP contribution is -2.49. The van der Waals surface area contributed by atoms with Gasteiger partial charge in [0.1, 0.15) is 5.82 Å². The van der Waals surface area contributed by atoms with Gasteiger partial charge in [0.05, 0.1) is 0 Å². The first kappa shape index (κ1) is 15.5. The Morgan fingerprint density at radius 2 is 2.00 bits per heavy atom. The molecule has 1 fully saturated rings. The third-order valence-electron chi connectivity index (χ3n) is 4.52. The van der Waals surface area contributed by atoms with E-state index in [1.54, 1.807) is 12.1 Å². The predicted octanol–water partition coefficient (Wildman–Crippen LogP) is 4.52. The van der Waals surface area contributed by atoms with Crippen LogP contribution in [0.5, 0.6) is 0 Å². The molecular formula is C18H28FN. The number of nitrogens with one attached hydrogen (secondary N) is 1. The van der Waals surface area contributed by atoms with Crippen molar-refractivity contribution in [3.63, 3.8) is 0 Å². The van der Waals surface area contributed by atoms with Crippen molar-refractivity contribution >= 4 is 0 Å². The van der Waals surface area contributed by atoms with E-state index in [-0.39, 0.29) is 11.2 Å². The van der Waals surface area contributed by atoms with Gasteiger partial charge in [0.25, 0.3) is 0 Å². The zero-order valence-electron chi connectivity index (χ0n) is 13.1. The molecule has 0 amide bonds. The Labute approximate surface area is 123 Å². The smallest absolute Gasteiger partial charge is 0.127 e. The summed E-state index contributed by atoms with van der Waals surface area (Å²) < 4.78 is 14.2. The standard InChI is InChI=1S/C18H28FN/c1-4-7-15-10-18(11-15,13-20-12-14(2)3)16-8-5-6-9-17(16)19/h5-6,8-9,14-15,20H,4,7,10-13H2,1-3H3. The van der Waals surface area contributed by atoms with Gasteiger partial charge in [-0.05, 0) is 42.9 Å². The van der Waals surface area contributed by atoms with Crippen LogP contribution in [-0.4, -0.2) is 13.1 Å². The van der Waals surface area contributed by atoms with Gasteiger partial charge in [-0.15, -0.1) is 0 Å². The Balaban J connectivity index is 2.08. The number of benzene rings is 1. The third kappa shape index (κ3) is 3.41. The van der Waals surface area contributed by atoms with Crippen LogP contribution in [0.2, 0.25) is 0 Å².